The smallest absolute Gasteiger partial charge is 0.409 e. The molecule has 49 heavy (non-hydrogen) atoms. The molecule has 2 saturated heterocycles. The summed E-state index contributed by atoms with van der Waals surface area (Å²) >= 11 is 0. The maximum Gasteiger partial charge on any atom is 0.409 e. The van der Waals surface area contributed by atoms with Crippen LogP contribution in [-0.4, -0.2) is 124 Å². The largest absolute Gasteiger partial charge is 0.481 e. The summed E-state index contributed by atoms with van der Waals surface area (Å²) in [6.07, 6.45) is 2.44. The number of pyridine rings is 1. The van der Waals surface area contributed by atoms with Crippen LogP contribution in [0.2, 0.25) is 0 Å². The normalized spacial score (nSPS) is 19.1. The molecule has 2 aromatic rings. The molecule has 5 amide bonds. The number of aryl methyl sites for hydroxylation is 1. The van der Waals surface area contributed by atoms with E-state index in [9.17, 15) is 33.9 Å². The summed E-state index contributed by atoms with van der Waals surface area (Å²) in [4.78, 5) is 86.0. The number of piperazine rings is 1. The molecule has 0 spiro atoms. The molecule has 264 valence electrons. The average Bonchev–Trinajstić information content (AvgIpc) is 3.56. The van der Waals surface area contributed by atoms with E-state index in [0.717, 1.165) is 31.2 Å². The van der Waals surface area contributed by atoms with Gasteiger partial charge in [-0.2, -0.15) is 0 Å². The minimum atomic E-state index is -1.40. The van der Waals surface area contributed by atoms with Gasteiger partial charge in [-0.15, -0.1) is 0 Å². The summed E-state index contributed by atoms with van der Waals surface area (Å²) in [6, 6.07) is 4.88. The number of fused-ring (bicyclic) bond motifs is 1. The summed E-state index contributed by atoms with van der Waals surface area (Å²) in [7, 11) is 0. The van der Waals surface area contributed by atoms with Crippen LogP contribution in [0, 0.1) is 6.92 Å². The van der Waals surface area contributed by atoms with Gasteiger partial charge < -0.3 is 39.9 Å². The molecular formula is C34H44N6O9. The summed E-state index contributed by atoms with van der Waals surface area (Å²) < 4.78 is 11.2. The standard InChI is InChI=1S/C34H44N6O9/c1-4-48-34(47)39-15-13-38(14-16-39)33(46)26(19-29(41)42)37-30(43)25-18-28(23-10-9-20(2)17-24(23)36-25)49-21(3)32(45)40-12-11-27(40)31(44)35-22-7-5-6-8-22/h9-10,17-18,21-22,26-27H,4-8,11-16,19H2,1-3H3,(H,35,44)(H,37,43)(H,41,42)/t21-,26-,27-/m0/s1. The molecule has 3 aliphatic rings. The van der Waals surface area contributed by atoms with E-state index >= 15 is 0 Å². The van der Waals surface area contributed by atoms with E-state index < -0.39 is 48.5 Å². The van der Waals surface area contributed by atoms with Gasteiger partial charge in [0.25, 0.3) is 11.8 Å². The average molecular weight is 681 g/mol. The van der Waals surface area contributed by atoms with Gasteiger partial charge in [0.2, 0.25) is 11.8 Å². The number of likely N-dealkylation sites (tertiary alicyclic amines) is 1. The lowest BCUT2D eigenvalue weighted by Gasteiger charge is -2.41. The highest BCUT2D eigenvalue weighted by Gasteiger charge is 2.41. The van der Waals surface area contributed by atoms with Crippen molar-refractivity contribution in [2.24, 2.45) is 0 Å². The predicted octanol–water partition coefficient (Wildman–Crippen LogP) is 1.84. The third-order valence-corrected chi connectivity index (χ3v) is 9.22. The van der Waals surface area contributed by atoms with E-state index in [2.05, 4.69) is 15.6 Å². The second-order valence-corrected chi connectivity index (χ2v) is 12.7. The first kappa shape index (κ1) is 35.4. The molecule has 0 radical (unpaired) electrons. The minimum absolute atomic E-state index is 0.138. The van der Waals surface area contributed by atoms with Gasteiger partial charge in [-0.25, -0.2) is 9.78 Å². The molecule has 15 heteroatoms. The number of nitrogens with one attached hydrogen (secondary N) is 2. The molecule has 1 aliphatic carbocycles. The van der Waals surface area contributed by atoms with Gasteiger partial charge in [0.1, 0.15) is 23.5 Å². The third-order valence-electron chi connectivity index (χ3n) is 9.22. The number of carbonyl (C=O) groups is 6. The van der Waals surface area contributed by atoms with Crippen LogP contribution in [0.4, 0.5) is 4.79 Å². The number of aliphatic carboxylic acids is 1. The van der Waals surface area contributed by atoms with Crippen LogP contribution in [0.25, 0.3) is 10.9 Å². The zero-order valence-corrected chi connectivity index (χ0v) is 28.1. The van der Waals surface area contributed by atoms with E-state index in [1.807, 2.05) is 13.0 Å². The number of benzene rings is 1. The predicted molar refractivity (Wildman–Crippen MR) is 176 cm³/mol. The molecular weight excluding hydrogens is 636 g/mol. The first-order chi connectivity index (χ1) is 23.4. The molecule has 3 heterocycles. The molecule has 1 aromatic carbocycles. The third kappa shape index (κ3) is 8.38. The molecule has 0 unspecified atom stereocenters. The zero-order chi connectivity index (χ0) is 35.2. The Hall–Kier alpha value is -4.95. The maximum absolute atomic E-state index is 13.6. The van der Waals surface area contributed by atoms with Crippen molar-refractivity contribution in [1.29, 1.82) is 0 Å². The van der Waals surface area contributed by atoms with Gasteiger partial charge in [-0.3, -0.25) is 24.0 Å². The van der Waals surface area contributed by atoms with Crippen molar-refractivity contribution in [3.8, 4) is 5.75 Å². The van der Waals surface area contributed by atoms with Crippen molar-refractivity contribution in [2.75, 3.05) is 39.3 Å². The number of aromatic nitrogens is 1. The van der Waals surface area contributed by atoms with E-state index in [0.29, 0.717) is 23.9 Å². The maximum atomic E-state index is 13.6. The Morgan fingerprint density at radius 3 is 2.29 bits per heavy atom. The quantitative estimate of drug-likeness (QED) is 0.316. The van der Waals surface area contributed by atoms with Crippen molar-refractivity contribution < 1.29 is 43.3 Å². The number of amides is 5. The molecule has 15 nitrogen and oxygen atoms in total. The van der Waals surface area contributed by atoms with Gasteiger partial charge in [-0.05, 0) is 57.7 Å². The van der Waals surface area contributed by atoms with E-state index in [1.165, 1.54) is 20.8 Å². The van der Waals surface area contributed by atoms with Crippen LogP contribution in [0.1, 0.15) is 68.4 Å². The van der Waals surface area contributed by atoms with Gasteiger partial charge in [-0.1, -0.05) is 18.9 Å². The Morgan fingerprint density at radius 2 is 1.65 bits per heavy atom. The van der Waals surface area contributed by atoms with E-state index in [1.54, 1.807) is 26.0 Å². The number of ether oxygens (including phenoxy) is 2. The topological polar surface area (TPSA) is 188 Å². The summed E-state index contributed by atoms with van der Waals surface area (Å²) in [5.41, 5.74) is 1.11. The fourth-order valence-electron chi connectivity index (χ4n) is 6.44. The second kappa shape index (κ2) is 15.5. The Balaban J connectivity index is 1.30. The Bertz CT molecular complexity index is 1600. The molecule has 5 rings (SSSR count). The monoisotopic (exact) mass is 680 g/mol. The van der Waals surface area contributed by atoms with Crippen LogP contribution < -0.4 is 15.4 Å². The van der Waals surface area contributed by atoms with Crippen molar-refractivity contribution in [3.05, 3.63) is 35.5 Å². The van der Waals surface area contributed by atoms with Gasteiger partial charge in [0, 0.05) is 50.2 Å². The number of carboxylic acid groups (broad SMARTS) is 1. The van der Waals surface area contributed by atoms with E-state index in [-0.39, 0.29) is 62.1 Å². The van der Waals surface area contributed by atoms with E-state index in [4.69, 9.17) is 9.47 Å². The number of carboxylic acids is 1. The van der Waals surface area contributed by atoms with Crippen LogP contribution >= 0.6 is 0 Å². The van der Waals surface area contributed by atoms with Crippen LogP contribution in [0.15, 0.2) is 24.3 Å². The zero-order valence-electron chi connectivity index (χ0n) is 28.1. The number of carbonyl (C=O) groups excluding carboxylic acids is 5. The summed E-state index contributed by atoms with van der Waals surface area (Å²) in [5, 5.41) is 15.7. The SMILES string of the molecule is CCOC(=O)N1CCN(C(=O)[C@H](CC(=O)O)NC(=O)c2cc(O[C@@H](C)C(=O)N3CC[C@H]3C(=O)NC3CCCC3)c3ccc(C)cc3n2)CC1. The summed E-state index contributed by atoms with van der Waals surface area (Å²) in [6.45, 7) is 6.45. The lowest BCUT2D eigenvalue weighted by molar-refractivity contribution is -0.152. The van der Waals surface area contributed by atoms with Crippen LogP contribution in [0.5, 0.6) is 5.75 Å². The van der Waals surface area contributed by atoms with Crippen molar-refractivity contribution >= 4 is 46.6 Å². The van der Waals surface area contributed by atoms with Gasteiger partial charge >= 0.3 is 12.1 Å². The van der Waals surface area contributed by atoms with Crippen LogP contribution in [0.3, 0.4) is 0 Å². The number of hydrogen-bond acceptors (Lipinski definition) is 9. The molecule has 3 atom stereocenters. The number of nitrogens with zero attached hydrogens (tertiary/aromatic N) is 4. The summed E-state index contributed by atoms with van der Waals surface area (Å²) in [5.74, 6) is -3.02. The van der Waals surface area contributed by atoms with Gasteiger partial charge in [0.05, 0.1) is 18.5 Å². The Kier molecular flexibility index (Phi) is 11.2. The Labute approximate surface area is 284 Å². The van der Waals surface area contributed by atoms with Gasteiger partial charge in [0.15, 0.2) is 6.10 Å². The lowest BCUT2D eigenvalue weighted by Crippen LogP contribution is -2.61. The molecule has 1 saturated carbocycles. The lowest BCUT2D eigenvalue weighted by atomic mass is 10.0. The fraction of sp³-hybridized carbons (Fsp3) is 0.559. The number of hydrogen-bond donors (Lipinski definition) is 3. The highest BCUT2D eigenvalue weighted by molar-refractivity contribution is 6.00. The molecule has 3 N–H and O–H groups in total. The van der Waals surface area contributed by atoms with Crippen molar-refractivity contribution in [3.63, 3.8) is 0 Å². The van der Waals surface area contributed by atoms with Crippen molar-refractivity contribution in [1.82, 2.24) is 30.3 Å². The van der Waals surface area contributed by atoms with Crippen molar-refractivity contribution in [2.45, 2.75) is 83.5 Å². The molecule has 3 fully saturated rings. The number of rotatable bonds is 11. The highest BCUT2D eigenvalue weighted by Crippen LogP contribution is 2.29. The molecule has 0 bridgehead atoms. The first-order valence-electron chi connectivity index (χ1n) is 16.9. The first-order valence-corrected chi connectivity index (χ1v) is 16.9. The van der Waals surface area contributed by atoms with Crippen LogP contribution in [-0.2, 0) is 23.9 Å². The molecule has 1 aromatic heterocycles. The Morgan fingerprint density at radius 1 is 0.959 bits per heavy atom. The second-order valence-electron chi connectivity index (χ2n) is 12.7. The molecule has 2 aliphatic heterocycles. The highest BCUT2D eigenvalue weighted by atomic mass is 16.6. The fourth-order valence-corrected chi connectivity index (χ4v) is 6.44. The minimum Gasteiger partial charge on any atom is -0.481 e.